The van der Waals surface area contributed by atoms with E-state index in [-0.39, 0.29) is 18.3 Å². The number of nitrogens with zero attached hydrogens (tertiary/aromatic N) is 1. The van der Waals surface area contributed by atoms with Crippen LogP contribution in [0.15, 0.2) is 24.3 Å². The van der Waals surface area contributed by atoms with E-state index in [2.05, 4.69) is 24.1 Å². The maximum absolute atomic E-state index is 12.1. The molecule has 1 aromatic heterocycles. The van der Waals surface area contributed by atoms with Crippen LogP contribution in [0.25, 0.3) is 0 Å². The summed E-state index contributed by atoms with van der Waals surface area (Å²) in [5.41, 5.74) is 2.48. The first-order valence-electron chi connectivity index (χ1n) is 8.10. The zero-order valence-corrected chi connectivity index (χ0v) is 14.6. The van der Waals surface area contributed by atoms with Gasteiger partial charge in [0.15, 0.2) is 0 Å². The molecule has 1 aliphatic heterocycles. The van der Waals surface area contributed by atoms with Crippen LogP contribution in [-0.2, 0) is 22.4 Å². The Kier molecular flexibility index (Phi) is 4.94. The van der Waals surface area contributed by atoms with Gasteiger partial charge in [-0.2, -0.15) is 0 Å². The molecule has 0 saturated heterocycles. The van der Waals surface area contributed by atoms with Crippen LogP contribution in [0, 0.1) is 6.92 Å². The summed E-state index contributed by atoms with van der Waals surface area (Å²) in [5, 5.41) is 3.93. The van der Waals surface area contributed by atoms with Crippen molar-refractivity contribution in [1.29, 1.82) is 0 Å². The lowest BCUT2D eigenvalue weighted by molar-refractivity contribution is -0.122. The molecule has 0 bridgehead atoms. The Labute approximate surface area is 145 Å². The van der Waals surface area contributed by atoms with Crippen molar-refractivity contribution in [2.45, 2.75) is 39.2 Å². The van der Waals surface area contributed by atoms with E-state index in [4.69, 9.17) is 4.74 Å². The summed E-state index contributed by atoms with van der Waals surface area (Å²) in [5.74, 6) is -0.470. The smallest absolute Gasteiger partial charge is 0.339 e. The third-order valence-electron chi connectivity index (χ3n) is 4.08. The monoisotopic (exact) mass is 344 g/mol. The first kappa shape index (κ1) is 16.6. The fourth-order valence-electron chi connectivity index (χ4n) is 2.84. The predicted molar refractivity (Wildman–Crippen MR) is 92.2 cm³/mol. The van der Waals surface area contributed by atoms with Gasteiger partial charge in [0.25, 0.3) is 0 Å². The van der Waals surface area contributed by atoms with Gasteiger partial charge < -0.3 is 10.1 Å². The number of benzene rings is 1. The summed E-state index contributed by atoms with van der Waals surface area (Å²) >= 11 is 1.68. The first-order chi connectivity index (χ1) is 11.6. The molecule has 0 radical (unpaired) electrons. The summed E-state index contributed by atoms with van der Waals surface area (Å²) < 4.78 is 5.29. The number of thiazole rings is 1. The van der Waals surface area contributed by atoms with E-state index in [1.165, 1.54) is 4.88 Å². The van der Waals surface area contributed by atoms with Crippen LogP contribution in [0.1, 0.15) is 50.9 Å². The number of aromatic nitrogens is 1. The lowest BCUT2D eigenvalue weighted by Gasteiger charge is -2.10. The van der Waals surface area contributed by atoms with Gasteiger partial charge >= 0.3 is 5.97 Å². The molecule has 1 atom stereocenters. The number of carbonyl (C=O) groups is 2. The van der Waals surface area contributed by atoms with E-state index in [0.29, 0.717) is 12.1 Å². The average Bonchev–Trinajstić information content (AvgIpc) is 3.08. The molecule has 1 amide bonds. The van der Waals surface area contributed by atoms with E-state index < -0.39 is 6.10 Å². The Morgan fingerprint density at radius 3 is 2.92 bits per heavy atom. The van der Waals surface area contributed by atoms with Gasteiger partial charge in [-0.05, 0) is 19.4 Å². The molecular weight excluding hydrogens is 324 g/mol. The predicted octanol–water partition coefficient (Wildman–Crippen LogP) is 2.97. The number of aryl methyl sites for hydroxylation is 2. The van der Waals surface area contributed by atoms with Crippen LogP contribution in [0.3, 0.4) is 0 Å². The summed E-state index contributed by atoms with van der Waals surface area (Å²) in [6.45, 7) is 4.70. The van der Waals surface area contributed by atoms with Gasteiger partial charge in [-0.3, -0.25) is 4.79 Å². The van der Waals surface area contributed by atoms with Crippen molar-refractivity contribution in [2.75, 3.05) is 6.54 Å². The minimum atomic E-state index is -0.484. The third-order valence-corrected chi connectivity index (χ3v) is 5.15. The van der Waals surface area contributed by atoms with Crippen molar-refractivity contribution in [2.24, 2.45) is 0 Å². The Hall–Kier alpha value is -2.21. The van der Waals surface area contributed by atoms with E-state index in [9.17, 15) is 9.59 Å². The highest BCUT2D eigenvalue weighted by atomic mass is 32.1. The highest BCUT2D eigenvalue weighted by Gasteiger charge is 2.31. The van der Waals surface area contributed by atoms with Crippen LogP contribution >= 0.6 is 11.3 Å². The van der Waals surface area contributed by atoms with Gasteiger partial charge in [-0.1, -0.05) is 25.1 Å². The van der Waals surface area contributed by atoms with Gasteiger partial charge in [0.1, 0.15) is 6.10 Å². The maximum atomic E-state index is 12.1. The van der Waals surface area contributed by atoms with Crippen molar-refractivity contribution in [3.8, 4) is 0 Å². The van der Waals surface area contributed by atoms with Crippen LogP contribution in [-0.4, -0.2) is 23.4 Å². The second-order valence-corrected chi connectivity index (χ2v) is 7.04. The van der Waals surface area contributed by atoms with Crippen LogP contribution < -0.4 is 5.32 Å². The van der Waals surface area contributed by atoms with Gasteiger partial charge in [0.2, 0.25) is 5.91 Å². The fourth-order valence-corrected chi connectivity index (χ4v) is 3.86. The zero-order chi connectivity index (χ0) is 17.1. The zero-order valence-electron chi connectivity index (χ0n) is 13.8. The van der Waals surface area contributed by atoms with Gasteiger partial charge in [0.05, 0.1) is 22.7 Å². The summed E-state index contributed by atoms with van der Waals surface area (Å²) in [4.78, 5) is 29.7. The fraction of sp³-hybridized carbons (Fsp3) is 0.389. The molecule has 0 fully saturated rings. The molecule has 0 aliphatic carbocycles. The summed E-state index contributed by atoms with van der Waals surface area (Å²) in [7, 11) is 0. The molecule has 1 N–H and O–H groups in total. The number of nitrogens with one attached hydrogen (secondary N) is 1. The molecular formula is C18H20N2O3S. The van der Waals surface area contributed by atoms with Gasteiger partial charge in [-0.25, -0.2) is 9.78 Å². The molecule has 2 heterocycles. The van der Waals surface area contributed by atoms with E-state index in [1.807, 2.05) is 12.1 Å². The van der Waals surface area contributed by atoms with Crippen molar-refractivity contribution in [3.63, 3.8) is 0 Å². The van der Waals surface area contributed by atoms with E-state index in [0.717, 1.165) is 29.1 Å². The number of carbonyl (C=O) groups excluding carboxylic acids is 2. The number of esters is 1. The molecule has 6 heteroatoms. The SMILES string of the molecule is CCc1nc(CCNC(=O)C[C@@H]2OC(=O)c3ccccc32)sc1C. The highest BCUT2D eigenvalue weighted by Crippen LogP contribution is 2.32. The van der Waals surface area contributed by atoms with Crippen LogP contribution in [0.4, 0.5) is 0 Å². The minimum absolute atomic E-state index is 0.117. The maximum Gasteiger partial charge on any atom is 0.339 e. The van der Waals surface area contributed by atoms with Gasteiger partial charge in [0, 0.05) is 23.4 Å². The normalized spacial score (nSPS) is 15.9. The Morgan fingerprint density at radius 1 is 1.38 bits per heavy atom. The van der Waals surface area contributed by atoms with Crippen LogP contribution in [0.2, 0.25) is 0 Å². The molecule has 0 unspecified atom stereocenters. The molecule has 0 saturated carbocycles. The molecule has 2 aromatic rings. The Balaban J connectivity index is 1.51. The Bertz CT molecular complexity index is 769. The standard InChI is InChI=1S/C18H20N2O3S/c1-3-14-11(2)24-17(20-14)8-9-19-16(21)10-15-12-6-4-5-7-13(12)18(22)23-15/h4-7,15H,3,8-10H2,1-2H3,(H,19,21)/t15-/m0/s1. The van der Waals surface area contributed by atoms with Crippen molar-refractivity contribution in [3.05, 3.63) is 51.0 Å². The van der Waals surface area contributed by atoms with E-state index in [1.54, 1.807) is 23.5 Å². The second-order valence-electron chi connectivity index (χ2n) is 5.75. The summed E-state index contributed by atoms with van der Waals surface area (Å²) in [6.07, 6.45) is 1.32. The summed E-state index contributed by atoms with van der Waals surface area (Å²) in [6, 6.07) is 7.21. The third kappa shape index (κ3) is 3.48. The molecule has 5 nitrogen and oxygen atoms in total. The number of rotatable bonds is 6. The first-order valence-corrected chi connectivity index (χ1v) is 8.92. The molecule has 1 aromatic carbocycles. The molecule has 0 spiro atoms. The molecule has 126 valence electrons. The van der Waals surface area contributed by atoms with Crippen molar-refractivity contribution in [1.82, 2.24) is 10.3 Å². The second kappa shape index (κ2) is 7.13. The molecule has 24 heavy (non-hydrogen) atoms. The number of hydrogen-bond donors (Lipinski definition) is 1. The lowest BCUT2D eigenvalue weighted by Crippen LogP contribution is -2.27. The van der Waals surface area contributed by atoms with Crippen LogP contribution in [0.5, 0.6) is 0 Å². The van der Waals surface area contributed by atoms with Crippen molar-refractivity contribution < 1.29 is 14.3 Å². The number of amides is 1. The highest BCUT2D eigenvalue weighted by molar-refractivity contribution is 7.11. The number of fused-ring (bicyclic) bond motifs is 1. The molecule has 3 rings (SSSR count). The van der Waals surface area contributed by atoms with Crippen molar-refractivity contribution >= 4 is 23.2 Å². The minimum Gasteiger partial charge on any atom is -0.453 e. The molecule has 1 aliphatic rings. The largest absolute Gasteiger partial charge is 0.453 e. The van der Waals surface area contributed by atoms with E-state index >= 15 is 0 Å². The van der Waals surface area contributed by atoms with Gasteiger partial charge in [-0.15, -0.1) is 11.3 Å². The quantitative estimate of drug-likeness (QED) is 0.818. The topological polar surface area (TPSA) is 68.3 Å². The number of ether oxygens (including phenoxy) is 1. The number of cyclic esters (lactones) is 1. The number of hydrogen-bond acceptors (Lipinski definition) is 5. The lowest BCUT2D eigenvalue weighted by atomic mass is 10.0. The Morgan fingerprint density at radius 2 is 2.17 bits per heavy atom. The average molecular weight is 344 g/mol.